The highest BCUT2D eigenvalue weighted by Gasteiger charge is 2.32. The minimum atomic E-state index is -0.512. The third kappa shape index (κ3) is 4.93. The molecule has 166 valence electrons. The average Bonchev–Trinajstić information content (AvgIpc) is 2.79. The topological polar surface area (TPSA) is 129 Å². The average molecular weight is 431 g/mol. The van der Waals surface area contributed by atoms with Crippen molar-refractivity contribution in [2.24, 2.45) is 5.92 Å². The molecule has 1 aliphatic rings. The fraction of sp³-hybridized carbons (Fsp3) is 0.450. The summed E-state index contributed by atoms with van der Waals surface area (Å²) in [5, 5.41) is 14.9. The summed E-state index contributed by atoms with van der Waals surface area (Å²) >= 11 is 0. The summed E-state index contributed by atoms with van der Waals surface area (Å²) in [5.41, 5.74) is 0.220. The Kier molecular flexibility index (Phi) is 7.06. The number of carbonyl (C=O) groups is 1. The molecule has 0 saturated carbocycles. The maximum absolute atomic E-state index is 12.0. The molecule has 11 nitrogen and oxygen atoms in total. The Labute approximate surface area is 179 Å². The molecular weight excluding hydrogens is 406 g/mol. The van der Waals surface area contributed by atoms with Crippen LogP contribution in [0.25, 0.3) is 0 Å². The number of carbonyl (C=O) groups excluding carboxylic acids is 1. The molecule has 1 aromatic carbocycles. The Hall–Kier alpha value is -3.63. The van der Waals surface area contributed by atoms with E-state index >= 15 is 0 Å². The van der Waals surface area contributed by atoms with Crippen LogP contribution in [0.1, 0.15) is 19.8 Å². The van der Waals surface area contributed by atoms with Gasteiger partial charge in [-0.3, -0.25) is 14.9 Å². The number of anilines is 3. The maximum atomic E-state index is 12.0. The molecule has 1 fully saturated rings. The number of ether oxygens (including phenoxy) is 3. The van der Waals surface area contributed by atoms with Crippen LogP contribution in [0.15, 0.2) is 24.5 Å². The molecule has 0 unspecified atom stereocenters. The maximum Gasteiger partial charge on any atom is 0.353 e. The molecule has 1 aromatic heterocycles. The number of piperidine rings is 1. The van der Waals surface area contributed by atoms with Gasteiger partial charge in [-0.1, -0.05) is 0 Å². The molecule has 11 heteroatoms. The molecule has 0 bridgehead atoms. The van der Waals surface area contributed by atoms with Crippen molar-refractivity contribution >= 4 is 29.0 Å². The van der Waals surface area contributed by atoms with Gasteiger partial charge in [0.05, 0.1) is 37.4 Å². The lowest BCUT2D eigenvalue weighted by atomic mass is 9.97. The van der Waals surface area contributed by atoms with E-state index in [2.05, 4.69) is 15.3 Å². The number of hydrogen-bond acceptors (Lipinski definition) is 10. The van der Waals surface area contributed by atoms with E-state index < -0.39 is 4.92 Å². The van der Waals surface area contributed by atoms with Gasteiger partial charge in [0, 0.05) is 19.2 Å². The predicted octanol–water partition coefficient (Wildman–Crippen LogP) is 2.93. The van der Waals surface area contributed by atoms with Crippen molar-refractivity contribution in [2.45, 2.75) is 19.8 Å². The summed E-state index contributed by atoms with van der Waals surface area (Å²) in [4.78, 5) is 33.5. The molecule has 2 aromatic rings. The second-order valence-electron chi connectivity index (χ2n) is 6.86. The van der Waals surface area contributed by atoms with E-state index in [1.165, 1.54) is 20.5 Å². The van der Waals surface area contributed by atoms with E-state index in [1.807, 2.05) is 0 Å². The van der Waals surface area contributed by atoms with Crippen LogP contribution in [0.4, 0.5) is 23.0 Å². The molecule has 1 N–H and O–H groups in total. The molecule has 0 atom stereocenters. The van der Waals surface area contributed by atoms with Crippen LogP contribution in [0.2, 0.25) is 0 Å². The van der Waals surface area contributed by atoms with Gasteiger partial charge in [-0.15, -0.1) is 0 Å². The van der Waals surface area contributed by atoms with Gasteiger partial charge in [0.25, 0.3) is 0 Å². The number of nitro groups is 1. The smallest absolute Gasteiger partial charge is 0.353 e. The third-order valence-electron chi connectivity index (χ3n) is 5.06. The molecule has 1 saturated heterocycles. The van der Waals surface area contributed by atoms with E-state index in [4.69, 9.17) is 14.2 Å². The van der Waals surface area contributed by atoms with Crippen molar-refractivity contribution < 1.29 is 23.9 Å². The molecule has 0 spiro atoms. The zero-order valence-electron chi connectivity index (χ0n) is 17.7. The minimum Gasteiger partial charge on any atom is -0.497 e. The molecule has 0 amide bonds. The summed E-state index contributed by atoms with van der Waals surface area (Å²) in [7, 11) is 3.03. The molecule has 2 heterocycles. The van der Waals surface area contributed by atoms with Gasteiger partial charge in [0.2, 0.25) is 11.6 Å². The second kappa shape index (κ2) is 9.92. The Balaban J connectivity index is 1.88. The van der Waals surface area contributed by atoms with Crippen molar-refractivity contribution in [2.75, 3.05) is 44.1 Å². The van der Waals surface area contributed by atoms with Gasteiger partial charge in [0.15, 0.2) is 0 Å². The Morgan fingerprint density at radius 3 is 2.61 bits per heavy atom. The molecule has 31 heavy (non-hydrogen) atoms. The van der Waals surface area contributed by atoms with E-state index in [0.29, 0.717) is 49.7 Å². The van der Waals surface area contributed by atoms with E-state index in [-0.39, 0.29) is 29.2 Å². The lowest BCUT2D eigenvalue weighted by Crippen LogP contribution is -2.37. The van der Waals surface area contributed by atoms with Crippen LogP contribution >= 0.6 is 0 Å². The highest BCUT2D eigenvalue weighted by molar-refractivity contribution is 5.77. The number of nitrogens with zero attached hydrogens (tertiary/aromatic N) is 4. The van der Waals surface area contributed by atoms with E-state index in [9.17, 15) is 14.9 Å². The summed E-state index contributed by atoms with van der Waals surface area (Å²) in [6.45, 7) is 2.99. The first-order chi connectivity index (χ1) is 15.0. The van der Waals surface area contributed by atoms with Crippen molar-refractivity contribution in [1.82, 2.24) is 9.97 Å². The van der Waals surface area contributed by atoms with Crippen molar-refractivity contribution in [1.29, 1.82) is 0 Å². The fourth-order valence-electron chi connectivity index (χ4n) is 3.49. The number of aromatic nitrogens is 2. The first-order valence-electron chi connectivity index (χ1n) is 9.88. The number of nitrogens with one attached hydrogen (secondary N) is 1. The lowest BCUT2D eigenvalue weighted by Gasteiger charge is -2.31. The van der Waals surface area contributed by atoms with Crippen LogP contribution in [0.3, 0.4) is 0 Å². The van der Waals surface area contributed by atoms with Gasteiger partial charge in [-0.05, 0) is 31.9 Å². The van der Waals surface area contributed by atoms with Gasteiger partial charge >= 0.3 is 11.7 Å². The normalized spacial score (nSPS) is 14.1. The number of benzene rings is 1. The van der Waals surface area contributed by atoms with Crippen LogP contribution < -0.4 is 19.7 Å². The first kappa shape index (κ1) is 22.1. The standard InChI is InChI=1S/C20H25N5O6/c1-4-31-20(26)13-7-9-24(10-8-13)19-17(25(27)28)18(21-12-22-19)23-15-11-14(29-2)5-6-16(15)30-3/h5-6,11-13H,4,7-10H2,1-3H3,(H,21,22,23). The summed E-state index contributed by atoms with van der Waals surface area (Å²) < 4.78 is 15.6. The Bertz CT molecular complexity index is 946. The number of rotatable bonds is 8. The van der Waals surface area contributed by atoms with Crippen LogP contribution in [-0.2, 0) is 9.53 Å². The fourth-order valence-corrected chi connectivity index (χ4v) is 3.49. The van der Waals surface area contributed by atoms with E-state index in [0.717, 1.165) is 0 Å². The van der Waals surface area contributed by atoms with E-state index in [1.54, 1.807) is 30.0 Å². The monoisotopic (exact) mass is 431 g/mol. The quantitative estimate of drug-likeness (QED) is 0.378. The van der Waals surface area contributed by atoms with Gasteiger partial charge in [-0.25, -0.2) is 9.97 Å². The third-order valence-corrected chi connectivity index (χ3v) is 5.06. The predicted molar refractivity (Wildman–Crippen MR) is 113 cm³/mol. The van der Waals surface area contributed by atoms with Crippen LogP contribution in [-0.4, -0.2) is 54.8 Å². The minimum absolute atomic E-state index is 0.0362. The van der Waals surface area contributed by atoms with Gasteiger partial charge < -0.3 is 24.4 Å². The van der Waals surface area contributed by atoms with Crippen LogP contribution in [0.5, 0.6) is 11.5 Å². The molecule has 3 rings (SSSR count). The second-order valence-corrected chi connectivity index (χ2v) is 6.86. The number of hydrogen-bond donors (Lipinski definition) is 1. The Morgan fingerprint density at radius 1 is 1.26 bits per heavy atom. The lowest BCUT2D eigenvalue weighted by molar-refractivity contribution is -0.383. The zero-order chi connectivity index (χ0) is 22.4. The SMILES string of the molecule is CCOC(=O)C1CCN(c2ncnc(Nc3cc(OC)ccc3OC)c2[N+](=O)[O-])CC1. The van der Waals surface area contributed by atoms with Crippen molar-refractivity contribution in [3.8, 4) is 11.5 Å². The van der Waals surface area contributed by atoms with Crippen molar-refractivity contribution in [3.05, 3.63) is 34.6 Å². The molecule has 1 aliphatic heterocycles. The van der Waals surface area contributed by atoms with Crippen LogP contribution in [0, 0.1) is 16.0 Å². The Morgan fingerprint density at radius 2 is 2.00 bits per heavy atom. The summed E-state index contributed by atoms with van der Waals surface area (Å²) in [5.74, 6) is 0.829. The summed E-state index contributed by atoms with van der Waals surface area (Å²) in [6, 6.07) is 5.07. The number of methoxy groups -OCH3 is 2. The first-order valence-corrected chi connectivity index (χ1v) is 9.88. The summed E-state index contributed by atoms with van der Waals surface area (Å²) in [6.07, 6.45) is 2.34. The molecule has 0 aliphatic carbocycles. The van der Waals surface area contributed by atoms with Gasteiger partial charge in [-0.2, -0.15) is 0 Å². The number of esters is 1. The molecule has 0 radical (unpaired) electrons. The largest absolute Gasteiger partial charge is 0.497 e. The zero-order valence-corrected chi connectivity index (χ0v) is 17.7. The highest BCUT2D eigenvalue weighted by Crippen LogP contribution is 2.38. The van der Waals surface area contributed by atoms with Gasteiger partial charge in [0.1, 0.15) is 17.8 Å². The van der Waals surface area contributed by atoms with Crippen molar-refractivity contribution in [3.63, 3.8) is 0 Å². The highest BCUT2D eigenvalue weighted by atomic mass is 16.6. The molecular formula is C20H25N5O6.